The maximum atomic E-state index is 12.9. The standard InChI is InChI=1S/C15H19N3O8.Ga/c19-12(20)2-1-9(15(23)24)16-3-4-17-7-13(21)25-10(17)6-18-8-14(22)26-11(18)5-16;/h9H,1-8H2,(H,19,20)(H,23,24);/q;+1/p-1/t9-;/m1./s1. The third kappa shape index (κ3) is 2.33. The number of fused-ring (bicyclic) bond motifs is 1. The number of carbonyl (C=O) groups is 4. The third-order valence-electron chi connectivity index (χ3n) is 6.19. The van der Waals surface area contributed by atoms with Crippen LogP contribution in [0.3, 0.4) is 0 Å². The van der Waals surface area contributed by atoms with E-state index in [1.807, 2.05) is 14.7 Å². The van der Waals surface area contributed by atoms with E-state index in [1.54, 1.807) is 0 Å². The number of ether oxygens (including phenoxy) is 2. The van der Waals surface area contributed by atoms with Crippen LogP contribution < -0.4 is 0 Å². The number of aliphatic carboxylic acids is 1. The summed E-state index contributed by atoms with van der Waals surface area (Å²) in [4.78, 5) is 53.8. The second-order valence-electron chi connectivity index (χ2n) is 7.65. The number of hydrogen-bond donors (Lipinski definition) is 1. The molecular weight excluding hydrogens is 420 g/mol. The van der Waals surface area contributed by atoms with Crippen molar-refractivity contribution in [1.82, 2.24) is 14.7 Å². The first-order chi connectivity index (χ1) is 12.8. The molecule has 12 heteroatoms. The monoisotopic (exact) mass is 437 g/mol. The van der Waals surface area contributed by atoms with Gasteiger partial charge in [-0.3, -0.25) is 0 Å². The Morgan fingerprint density at radius 2 is 1.74 bits per heavy atom. The van der Waals surface area contributed by atoms with Gasteiger partial charge in [0.1, 0.15) is 0 Å². The number of carbonyl (C=O) groups excluding carboxylic acids is 3. The molecule has 0 aliphatic carbocycles. The summed E-state index contributed by atoms with van der Waals surface area (Å²) in [6.45, 7) is 1.71. The average Bonchev–Trinajstić information content (AvgIpc) is 3.11. The van der Waals surface area contributed by atoms with E-state index in [0.717, 1.165) is 0 Å². The summed E-state index contributed by atoms with van der Waals surface area (Å²) >= 11 is -3.43. The number of carboxylic acids is 1. The maximum absolute atomic E-state index is 12.9. The zero-order chi connectivity index (χ0) is 19.0. The molecule has 0 aromatic heterocycles. The summed E-state index contributed by atoms with van der Waals surface area (Å²) in [6, 6.07) is -0.708. The van der Waals surface area contributed by atoms with E-state index in [-0.39, 0.29) is 44.4 Å². The summed E-state index contributed by atoms with van der Waals surface area (Å²) in [5.41, 5.74) is 0. The Kier molecular flexibility index (Phi) is 3.69. The first-order valence-electron chi connectivity index (χ1n) is 8.94. The van der Waals surface area contributed by atoms with Gasteiger partial charge in [-0.05, 0) is 0 Å². The number of carboxylic acid groups (broad SMARTS) is 1. The van der Waals surface area contributed by atoms with Gasteiger partial charge in [0.25, 0.3) is 0 Å². The molecule has 5 aliphatic heterocycles. The van der Waals surface area contributed by atoms with Gasteiger partial charge in [-0.2, -0.15) is 0 Å². The van der Waals surface area contributed by atoms with E-state index in [2.05, 4.69) is 0 Å². The molecule has 27 heavy (non-hydrogen) atoms. The van der Waals surface area contributed by atoms with Crippen molar-refractivity contribution >= 4 is 40.5 Å². The fraction of sp³-hybridized carbons (Fsp3) is 0.733. The topological polar surface area (TPSA) is 126 Å². The van der Waals surface area contributed by atoms with Gasteiger partial charge < -0.3 is 0 Å². The van der Waals surface area contributed by atoms with Crippen molar-refractivity contribution in [3.05, 3.63) is 0 Å². The fourth-order valence-electron chi connectivity index (χ4n) is 5.09. The molecule has 1 N–H and O–H groups in total. The van der Waals surface area contributed by atoms with E-state index in [9.17, 15) is 19.2 Å². The molecule has 5 heterocycles. The Morgan fingerprint density at radius 1 is 1.07 bits per heavy atom. The van der Waals surface area contributed by atoms with Crippen LogP contribution in [0.1, 0.15) is 12.8 Å². The minimum atomic E-state index is -3.43. The van der Waals surface area contributed by atoms with Crippen LogP contribution >= 0.6 is 0 Å². The van der Waals surface area contributed by atoms with Crippen molar-refractivity contribution in [2.45, 2.75) is 27.4 Å². The second-order valence-corrected chi connectivity index (χ2v) is 13.5. The summed E-state index contributed by atoms with van der Waals surface area (Å²) in [6.07, 6.45) is -0.0335. The molecule has 5 rings (SSSR count). The van der Waals surface area contributed by atoms with Crippen LogP contribution in [-0.4, -0.2) is 114 Å². The minimum absolute atomic E-state index is 0.0695. The fourth-order valence-corrected chi connectivity index (χ4v) is 13.1. The summed E-state index contributed by atoms with van der Waals surface area (Å²) in [5, 5.41) is 9.03. The number of nitrogens with zero attached hydrogens (tertiary/aromatic N) is 3. The summed E-state index contributed by atoms with van der Waals surface area (Å²) in [5.74, 6) is -2.22. The molecule has 0 radical (unpaired) electrons. The molecule has 0 saturated carbocycles. The molecule has 0 aromatic rings. The first-order valence-corrected chi connectivity index (χ1v) is 12.4. The number of esters is 2. The van der Waals surface area contributed by atoms with Gasteiger partial charge in [0.05, 0.1) is 0 Å². The van der Waals surface area contributed by atoms with Gasteiger partial charge in [0, 0.05) is 0 Å². The number of rotatable bonds is 3. The van der Waals surface area contributed by atoms with Crippen molar-refractivity contribution in [1.29, 1.82) is 0 Å². The molecule has 0 amide bonds. The Labute approximate surface area is 159 Å². The molecule has 2 spiro atoms. The second kappa shape index (κ2) is 5.70. The Balaban J connectivity index is 1.59. The molecule has 5 aliphatic rings. The summed E-state index contributed by atoms with van der Waals surface area (Å²) in [7, 11) is 0. The van der Waals surface area contributed by atoms with Crippen LogP contribution in [0.15, 0.2) is 0 Å². The molecule has 5 fully saturated rings. The predicted molar refractivity (Wildman–Crippen MR) is 84.9 cm³/mol. The summed E-state index contributed by atoms with van der Waals surface area (Å²) < 4.78 is 15.5. The molecule has 11 nitrogen and oxygen atoms in total. The Bertz CT molecular complexity index is 763. The number of hydrogen-bond acceptors (Lipinski definition) is 10. The molecular formula is C15H18GaN3O8. The molecule has 4 atom stereocenters. The van der Waals surface area contributed by atoms with Gasteiger partial charge in [-0.25, -0.2) is 0 Å². The normalized spacial score (nSPS) is 40.6. The van der Waals surface area contributed by atoms with Gasteiger partial charge in [0.2, 0.25) is 0 Å². The molecule has 3 unspecified atom stereocenters. The van der Waals surface area contributed by atoms with E-state index < -0.39 is 43.1 Å². The van der Waals surface area contributed by atoms with Crippen LogP contribution in [0.25, 0.3) is 0 Å². The van der Waals surface area contributed by atoms with Crippen molar-refractivity contribution in [2.24, 2.45) is 0 Å². The van der Waals surface area contributed by atoms with Gasteiger partial charge in [0.15, 0.2) is 0 Å². The van der Waals surface area contributed by atoms with Crippen LogP contribution in [0, 0.1) is 0 Å². The SMILES string of the molecule is O=C(O)CC[C@@H]1C(=O)[O][Ga]2[C]34CN1CCN1CC(=O)O[C]12CN3CC(=O)O4. The van der Waals surface area contributed by atoms with Crippen molar-refractivity contribution in [3.63, 3.8) is 0 Å². The van der Waals surface area contributed by atoms with E-state index in [4.69, 9.17) is 18.1 Å². The zero-order valence-corrected chi connectivity index (χ0v) is 16.9. The van der Waals surface area contributed by atoms with Gasteiger partial charge >= 0.3 is 159 Å². The Morgan fingerprint density at radius 3 is 2.44 bits per heavy atom. The molecule has 144 valence electrons. The predicted octanol–water partition coefficient (Wildman–Crippen LogP) is -2.71. The first kappa shape index (κ1) is 17.5. The van der Waals surface area contributed by atoms with E-state index in [1.165, 1.54) is 0 Å². The van der Waals surface area contributed by atoms with E-state index >= 15 is 0 Å². The molecule has 4 bridgehead atoms. The van der Waals surface area contributed by atoms with Crippen molar-refractivity contribution in [2.75, 3.05) is 39.3 Å². The van der Waals surface area contributed by atoms with Crippen LogP contribution in [-0.2, 0) is 32.2 Å². The Hall–Kier alpha value is -1.60. The van der Waals surface area contributed by atoms with Crippen molar-refractivity contribution < 1.29 is 37.3 Å². The molecule has 0 aromatic carbocycles. The average molecular weight is 438 g/mol. The van der Waals surface area contributed by atoms with Gasteiger partial charge in [-0.1, -0.05) is 0 Å². The van der Waals surface area contributed by atoms with Crippen LogP contribution in [0.4, 0.5) is 0 Å². The zero-order valence-electron chi connectivity index (χ0n) is 14.5. The van der Waals surface area contributed by atoms with Crippen molar-refractivity contribution in [3.8, 4) is 0 Å². The quantitative estimate of drug-likeness (QED) is 0.365. The molecule has 5 saturated heterocycles. The van der Waals surface area contributed by atoms with Crippen LogP contribution in [0.2, 0.25) is 0 Å². The third-order valence-corrected chi connectivity index (χ3v) is 13.4. The van der Waals surface area contributed by atoms with Crippen LogP contribution in [0.5, 0.6) is 0 Å². The van der Waals surface area contributed by atoms with Gasteiger partial charge in [-0.15, -0.1) is 0 Å². The van der Waals surface area contributed by atoms with E-state index in [0.29, 0.717) is 19.6 Å².